The van der Waals surface area contributed by atoms with Crippen molar-refractivity contribution in [2.24, 2.45) is 29.1 Å². The third-order valence-corrected chi connectivity index (χ3v) is 7.45. The van der Waals surface area contributed by atoms with Crippen LogP contribution in [0, 0.1) is 29.1 Å². The topological polar surface area (TPSA) is 32.3 Å². The van der Waals surface area contributed by atoms with E-state index in [-0.39, 0.29) is 5.41 Å². The predicted octanol–water partition coefficient (Wildman–Crippen LogP) is 2.80. The zero-order chi connectivity index (χ0) is 14.7. The van der Waals surface area contributed by atoms with E-state index in [2.05, 4.69) is 10.2 Å². The van der Waals surface area contributed by atoms with E-state index in [1.807, 2.05) is 0 Å². The van der Waals surface area contributed by atoms with Crippen molar-refractivity contribution < 1.29 is 4.79 Å². The molecule has 5 saturated carbocycles. The summed E-state index contributed by atoms with van der Waals surface area (Å²) in [6, 6.07) is 0.892. The van der Waals surface area contributed by atoms with Gasteiger partial charge in [-0.3, -0.25) is 4.79 Å². The minimum absolute atomic E-state index is 0.0452. The van der Waals surface area contributed by atoms with Crippen LogP contribution >= 0.6 is 0 Å². The minimum Gasteiger partial charge on any atom is -0.355 e. The highest BCUT2D eigenvalue weighted by atomic mass is 16.2. The number of rotatable bonds is 4. The lowest BCUT2D eigenvalue weighted by molar-refractivity contribution is -0.146. The van der Waals surface area contributed by atoms with Gasteiger partial charge in [-0.2, -0.15) is 0 Å². The summed E-state index contributed by atoms with van der Waals surface area (Å²) in [5, 5.41) is 3.40. The number of hydrogen-bond acceptors (Lipinski definition) is 2. The van der Waals surface area contributed by atoms with Gasteiger partial charge in [0.2, 0.25) is 5.91 Å². The van der Waals surface area contributed by atoms with Gasteiger partial charge in [-0.25, -0.2) is 0 Å². The molecule has 1 aliphatic heterocycles. The predicted molar refractivity (Wildman–Crippen MR) is 86.3 cm³/mol. The number of amides is 1. The lowest BCUT2D eigenvalue weighted by Crippen LogP contribution is -2.54. The molecule has 1 saturated heterocycles. The first-order chi connectivity index (χ1) is 10.7. The molecule has 22 heavy (non-hydrogen) atoms. The molecule has 5 aliphatic carbocycles. The molecule has 6 fully saturated rings. The number of carbonyl (C=O) groups excluding carboxylic acids is 1. The smallest absolute Gasteiger partial charge is 0.226 e. The number of hydrogen-bond donors (Lipinski definition) is 1. The van der Waals surface area contributed by atoms with Crippen molar-refractivity contribution in [3.05, 3.63) is 0 Å². The van der Waals surface area contributed by atoms with Gasteiger partial charge < -0.3 is 10.2 Å². The van der Waals surface area contributed by atoms with E-state index < -0.39 is 0 Å². The Balaban J connectivity index is 1.19. The zero-order valence-corrected chi connectivity index (χ0v) is 13.7. The van der Waals surface area contributed by atoms with Gasteiger partial charge in [-0.05, 0) is 88.0 Å². The summed E-state index contributed by atoms with van der Waals surface area (Å²) in [5.41, 5.74) is 0.0452. The molecule has 0 aromatic rings. The number of nitrogens with zero attached hydrogens (tertiary/aromatic N) is 1. The molecule has 1 N–H and O–H groups in total. The van der Waals surface area contributed by atoms with Crippen LogP contribution in [-0.4, -0.2) is 36.5 Å². The molecular weight excluding hydrogens is 272 g/mol. The fourth-order valence-corrected chi connectivity index (χ4v) is 6.61. The van der Waals surface area contributed by atoms with Crippen LogP contribution in [0.1, 0.15) is 57.8 Å². The standard InChI is InChI=1S/C19H30N2O/c22-18(20-11-13-3-4-21(12-13)17-1-2-17)19-8-14-5-15(9-19)7-16(6-14)10-19/h13-17H,1-12H2,(H,20,22). The maximum absolute atomic E-state index is 13.0. The maximum Gasteiger partial charge on any atom is 0.226 e. The van der Waals surface area contributed by atoms with Gasteiger partial charge in [0.15, 0.2) is 0 Å². The average molecular weight is 302 g/mol. The summed E-state index contributed by atoms with van der Waals surface area (Å²) in [4.78, 5) is 15.6. The normalized spacial score (nSPS) is 47.1. The molecule has 0 aromatic carbocycles. The van der Waals surface area contributed by atoms with Crippen LogP contribution < -0.4 is 5.32 Å². The molecular formula is C19H30N2O. The van der Waals surface area contributed by atoms with Crippen LogP contribution in [0.3, 0.4) is 0 Å². The van der Waals surface area contributed by atoms with Crippen LogP contribution in [0.15, 0.2) is 0 Å². The molecule has 6 rings (SSSR count). The SMILES string of the molecule is O=C(NCC1CCN(C2CC2)C1)C12CC3CC(CC(C3)C1)C2. The monoisotopic (exact) mass is 302 g/mol. The van der Waals surface area contributed by atoms with E-state index in [0.29, 0.717) is 11.8 Å². The lowest BCUT2D eigenvalue weighted by atomic mass is 9.49. The van der Waals surface area contributed by atoms with Crippen LogP contribution in [0.2, 0.25) is 0 Å². The van der Waals surface area contributed by atoms with Crippen molar-refractivity contribution in [1.82, 2.24) is 10.2 Å². The van der Waals surface area contributed by atoms with Gasteiger partial charge in [-0.1, -0.05) is 0 Å². The van der Waals surface area contributed by atoms with Gasteiger partial charge in [0, 0.05) is 24.5 Å². The Bertz CT molecular complexity index is 435. The largest absolute Gasteiger partial charge is 0.355 e. The Hall–Kier alpha value is -0.570. The van der Waals surface area contributed by atoms with Crippen molar-refractivity contribution in [3.8, 4) is 0 Å². The molecule has 0 aromatic heterocycles. The highest BCUT2D eigenvalue weighted by molar-refractivity contribution is 5.83. The Kier molecular flexibility index (Phi) is 3.12. The van der Waals surface area contributed by atoms with E-state index >= 15 is 0 Å². The second-order valence-electron chi connectivity index (χ2n) is 9.29. The van der Waals surface area contributed by atoms with Crippen molar-refractivity contribution in [2.75, 3.05) is 19.6 Å². The minimum atomic E-state index is 0.0452. The van der Waals surface area contributed by atoms with Crippen LogP contribution in [-0.2, 0) is 4.79 Å². The number of carbonyl (C=O) groups is 1. The summed E-state index contributed by atoms with van der Waals surface area (Å²) < 4.78 is 0. The molecule has 4 bridgehead atoms. The molecule has 1 heterocycles. The average Bonchev–Trinajstić information content (AvgIpc) is 3.22. The quantitative estimate of drug-likeness (QED) is 0.866. The molecule has 3 heteroatoms. The van der Waals surface area contributed by atoms with Crippen molar-refractivity contribution in [1.29, 1.82) is 0 Å². The van der Waals surface area contributed by atoms with E-state index in [1.54, 1.807) is 0 Å². The lowest BCUT2D eigenvalue weighted by Gasteiger charge is -2.55. The van der Waals surface area contributed by atoms with Crippen LogP contribution in [0.4, 0.5) is 0 Å². The second kappa shape index (κ2) is 4.96. The van der Waals surface area contributed by atoms with Crippen LogP contribution in [0.5, 0.6) is 0 Å². The summed E-state index contributed by atoms with van der Waals surface area (Å²) in [7, 11) is 0. The Morgan fingerprint density at radius 1 is 1.00 bits per heavy atom. The van der Waals surface area contributed by atoms with E-state index in [4.69, 9.17) is 0 Å². The first-order valence-corrected chi connectivity index (χ1v) is 9.72. The molecule has 6 aliphatic rings. The highest BCUT2D eigenvalue weighted by Crippen LogP contribution is 2.60. The molecule has 3 nitrogen and oxygen atoms in total. The summed E-state index contributed by atoms with van der Waals surface area (Å²) in [5.74, 6) is 3.74. The second-order valence-corrected chi connectivity index (χ2v) is 9.29. The van der Waals surface area contributed by atoms with Crippen LogP contribution in [0.25, 0.3) is 0 Å². The third kappa shape index (κ3) is 2.31. The molecule has 1 unspecified atom stereocenters. The van der Waals surface area contributed by atoms with E-state index in [1.165, 1.54) is 70.9 Å². The van der Waals surface area contributed by atoms with Crippen molar-refractivity contribution in [2.45, 2.75) is 63.8 Å². The molecule has 122 valence electrons. The zero-order valence-electron chi connectivity index (χ0n) is 13.7. The summed E-state index contributed by atoms with van der Waals surface area (Å²) in [6.07, 6.45) is 12.0. The molecule has 0 radical (unpaired) electrons. The van der Waals surface area contributed by atoms with Gasteiger partial charge in [0.05, 0.1) is 0 Å². The maximum atomic E-state index is 13.0. The van der Waals surface area contributed by atoms with Gasteiger partial charge in [0.25, 0.3) is 0 Å². The first-order valence-electron chi connectivity index (χ1n) is 9.72. The Morgan fingerprint density at radius 2 is 1.64 bits per heavy atom. The van der Waals surface area contributed by atoms with Gasteiger partial charge in [0.1, 0.15) is 0 Å². The first kappa shape index (κ1) is 13.8. The van der Waals surface area contributed by atoms with E-state index in [9.17, 15) is 4.79 Å². The molecule has 1 atom stereocenters. The third-order valence-electron chi connectivity index (χ3n) is 7.45. The fourth-order valence-electron chi connectivity index (χ4n) is 6.61. The summed E-state index contributed by atoms with van der Waals surface area (Å²) in [6.45, 7) is 3.43. The number of likely N-dealkylation sites (tertiary alicyclic amines) is 1. The van der Waals surface area contributed by atoms with Gasteiger partial charge >= 0.3 is 0 Å². The van der Waals surface area contributed by atoms with Crippen molar-refractivity contribution >= 4 is 5.91 Å². The fraction of sp³-hybridized carbons (Fsp3) is 0.947. The van der Waals surface area contributed by atoms with E-state index in [0.717, 1.165) is 30.3 Å². The highest BCUT2D eigenvalue weighted by Gasteiger charge is 2.54. The van der Waals surface area contributed by atoms with Gasteiger partial charge in [-0.15, -0.1) is 0 Å². The Labute approximate surface area is 134 Å². The summed E-state index contributed by atoms with van der Waals surface area (Å²) >= 11 is 0. The Morgan fingerprint density at radius 3 is 2.23 bits per heavy atom. The molecule has 0 spiro atoms. The van der Waals surface area contributed by atoms with Crippen molar-refractivity contribution in [3.63, 3.8) is 0 Å². The number of nitrogens with one attached hydrogen (secondary N) is 1. The molecule has 1 amide bonds.